The highest BCUT2D eigenvalue weighted by molar-refractivity contribution is 6.67. The van der Waals surface area contributed by atoms with E-state index < -0.39 is 22.8 Å². The number of carbonyl (C=O) groups is 1. The summed E-state index contributed by atoms with van der Waals surface area (Å²) in [5.41, 5.74) is -2.21. The van der Waals surface area contributed by atoms with E-state index >= 15 is 0 Å². The van der Waals surface area contributed by atoms with Gasteiger partial charge in [-0.3, -0.25) is 4.79 Å². The van der Waals surface area contributed by atoms with Crippen LogP contribution in [0.4, 0.5) is 13.2 Å². The first-order valence-electron chi connectivity index (χ1n) is 3.54. The van der Waals surface area contributed by atoms with Gasteiger partial charge in [0.25, 0.3) is 5.24 Å². The van der Waals surface area contributed by atoms with Crippen molar-refractivity contribution in [3.63, 3.8) is 0 Å². The fraction of sp³-hybridized carbons (Fsp3) is 0.125. The van der Waals surface area contributed by atoms with Gasteiger partial charge in [0.15, 0.2) is 5.69 Å². The molecule has 0 aromatic carbocycles. The number of nitrogens with zero attached hydrogens (tertiary/aromatic N) is 2. The Morgan fingerprint density at radius 2 is 2.07 bits per heavy atom. The van der Waals surface area contributed by atoms with E-state index in [2.05, 4.69) is 4.98 Å². The zero-order chi connectivity index (χ0) is 11.6. The normalized spacial score (nSPS) is 10.9. The highest BCUT2D eigenvalue weighted by Gasteiger charge is 2.33. The number of pyridine rings is 1. The zero-order valence-corrected chi connectivity index (χ0v) is 7.73. The van der Waals surface area contributed by atoms with E-state index in [0.717, 1.165) is 6.07 Å². The molecule has 0 amide bonds. The Labute approximate surface area is 87.1 Å². The fourth-order valence-electron chi connectivity index (χ4n) is 0.861. The van der Waals surface area contributed by atoms with Gasteiger partial charge >= 0.3 is 6.18 Å². The third kappa shape index (κ3) is 2.44. The predicted octanol–water partition coefficient (Wildman–Crippen LogP) is 2.35. The van der Waals surface area contributed by atoms with Crippen LogP contribution in [0.1, 0.15) is 21.7 Å². The summed E-state index contributed by atoms with van der Waals surface area (Å²) < 4.78 is 36.4. The second-order valence-electron chi connectivity index (χ2n) is 2.48. The highest BCUT2D eigenvalue weighted by atomic mass is 35.5. The van der Waals surface area contributed by atoms with Crippen molar-refractivity contribution in [2.45, 2.75) is 6.18 Å². The van der Waals surface area contributed by atoms with Crippen molar-refractivity contribution < 1.29 is 18.0 Å². The number of rotatable bonds is 1. The summed E-state index contributed by atoms with van der Waals surface area (Å²) in [5.74, 6) is 0. The molecule has 0 aliphatic rings. The van der Waals surface area contributed by atoms with Crippen molar-refractivity contribution in [1.82, 2.24) is 4.98 Å². The molecule has 1 heterocycles. The van der Waals surface area contributed by atoms with Crippen molar-refractivity contribution in [1.29, 1.82) is 5.26 Å². The molecular weight excluding hydrogens is 233 g/mol. The van der Waals surface area contributed by atoms with Gasteiger partial charge in [-0.05, 0) is 23.7 Å². The highest BCUT2D eigenvalue weighted by Crippen LogP contribution is 2.28. The number of hydrogen-bond acceptors (Lipinski definition) is 3. The summed E-state index contributed by atoms with van der Waals surface area (Å²) in [5, 5.41) is 7.45. The molecule has 0 saturated heterocycles. The van der Waals surface area contributed by atoms with Crippen LogP contribution in [0.5, 0.6) is 0 Å². The molecule has 0 N–H and O–H groups in total. The van der Waals surface area contributed by atoms with Gasteiger partial charge in [0.05, 0.1) is 5.56 Å². The van der Waals surface area contributed by atoms with Crippen LogP contribution in [0.25, 0.3) is 0 Å². The molecule has 78 valence electrons. The van der Waals surface area contributed by atoms with E-state index in [9.17, 15) is 18.0 Å². The van der Waals surface area contributed by atoms with E-state index in [4.69, 9.17) is 16.9 Å². The maximum absolute atomic E-state index is 12.1. The molecule has 0 aliphatic carbocycles. The van der Waals surface area contributed by atoms with Crippen molar-refractivity contribution in [3.05, 3.63) is 29.1 Å². The molecule has 0 fully saturated rings. The van der Waals surface area contributed by atoms with Crippen molar-refractivity contribution >= 4 is 16.8 Å². The summed E-state index contributed by atoms with van der Waals surface area (Å²) in [6.07, 6.45) is -4.65. The fourth-order valence-corrected chi connectivity index (χ4v) is 1.01. The summed E-state index contributed by atoms with van der Waals surface area (Å²) in [7, 11) is 0. The van der Waals surface area contributed by atoms with E-state index in [-0.39, 0.29) is 5.56 Å². The molecule has 7 heteroatoms. The van der Waals surface area contributed by atoms with E-state index in [1.807, 2.05) is 0 Å². The maximum atomic E-state index is 12.1. The average molecular weight is 235 g/mol. The van der Waals surface area contributed by atoms with Gasteiger partial charge in [-0.2, -0.15) is 18.4 Å². The van der Waals surface area contributed by atoms with Gasteiger partial charge in [-0.15, -0.1) is 0 Å². The quantitative estimate of drug-likeness (QED) is 0.701. The molecule has 0 radical (unpaired) electrons. The van der Waals surface area contributed by atoms with E-state index in [0.29, 0.717) is 6.07 Å². The molecular formula is C8H2ClF3N2O. The average Bonchev–Trinajstić information content (AvgIpc) is 2.15. The van der Waals surface area contributed by atoms with Gasteiger partial charge in [0.2, 0.25) is 0 Å². The molecule has 0 unspecified atom stereocenters. The van der Waals surface area contributed by atoms with Crippen LogP contribution in [-0.4, -0.2) is 10.2 Å². The largest absolute Gasteiger partial charge is 0.433 e. The van der Waals surface area contributed by atoms with Gasteiger partial charge in [0.1, 0.15) is 11.8 Å². The van der Waals surface area contributed by atoms with Crippen LogP contribution in [0.2, 0.25) is 0 Å². The minimum atomic E-state index is -4.65. The third-order valence-electron chi connectivity index (χ3n) is 1.50. The minimum Gasteiger partial charge on any atom is -0.275 e. The number of aromatic nitrogens is 1. The van der Waals surface area contributed by atoms with Crippen LogP contribution >= 0.6 is 11.6 Å². The number of halogens is 4. The lowest BCUT2D eigenvalue weighted by molar-refractivity contribution is -0.141. The van der Waals surface area contributed by atoms with Gasteiger partial charge in [0, 0.05) is 0 Å². The number of hydrogen-bond donors (Lipinski definition) is 0. The Kier molecular flexibility index (Phi) is 2.95. The maximum Gasteiger partial charge on any atom is 0.433 e. The molecule has 0 bridgehead atoms. The van der Waals surface area contributed by atoms with Crippen LogP contribution < -0.4 is 0 Å². The Bertz CT molecular complexity index is 450. The second-order valence-corrected chi connectivity index (χ2v) is 2.82. The Hall–Kier alpha value is -1.61. The van der Waals surface area contributed by atoms with Crippen molar-refractivity contribution in [2.75, 3.05) is 0 Å². The molecule has 0 spiro atoms. The monoisotopic (exact) mass is 234 g/mol. The van der Waals surface area contributed by atoms with Crippen molar-refractivity contribution in [3.8, 4) is 6.07 Å². The Morgan fingerprint density at radius 3 is 2.47 bits per heavy atom. The van der Waals surface area contributed by atoms with Crippen LogP contribution in [0.3, 0.4) is 0 Å². The van der Waals surface area contributed by atoms with E-state index in [1.54, 1.807) is 0 Å². The number of alkyl halides is 3. The summed E-state index contributed by atoms with van der Waals surface area (Å²) >= 11 is 5.04. The first-order valence-corrected chi connectivity index (χ1v) is 3.92. The van der Waals surface area contributed by atoms with Crippen molar-refractivity contribution in [2.24, 2.45) is 0 Å². The molecule has 0 saturated carbocycles. The van der Waals surface area contributed by atoms with Crippen LogP contribution in [0.15, 0.2) is 12.1 Å². The first kappa shape index (κ1) is 11.5. The lowest BCUT2D eigenvalue weighted by Gasteiger charge is -2.06. The smallest absolute Gasteiger partial charge is 0.275 e. The molecule has 1 rings (SSSR count). The predicted molar refractivity (Wildman–Crippen MR) is 44.1 cm³/mol. The Balaban J connectivity index is 3.34. The van der Waals surface area contributed by atoms with Crippen LogP contribution in [0, 0.1) is 11.3 Å². The SMILES string of the molecule is N#Cc1nc(C(F)(F)F)ccc1C(=O)Cl. The summed E-state index contributed by atoms with van der Waals surface area (Å²) in [6.45, 7) is 0. The molecule has 1 aromatic rings. The molecule has 15 heavy (non-hydrogen) atoms. The summed E-state index contributed by atoms with van der Waals surface area (Å²) in [4.78, 5) is 13.7. The zero-order valence-electron chi connectivity index (χ0n) is 6.97. The number of nitriles is 1. The standard InChI is InChI=1S/C8H2ClF3N2O/c9-7(15)4-1-2-6(8(10,11)12)14-5(4)3-13/h1-2H. The van der Waals surface area contributed by atoms with Gasteiger partial charge in [-0.25, -0.2) is 4.98 Å². The van der Waals surface area contributed by atoms with E-state index in [1.165, 1.54) is 6.07 Å². The Morgan fingerprint density at radius 1 is 1.47 bits per heavy atom. The first-order chi connectivity index (χ1) is 6.86. The lowest BCUT2D eigenvalue weighted by atomic mass is 10.2. The molecule has 0 aliphatic heterocycles. The molecule has 0 atom stereocenters. The summed E-state index contributed by atoms with van der Waals surface area (Å²) in [6, 6.07) is 2.79. The molecule has 3 nitrogen and oxygen atoms in total. The number of carbonyl (C=O) groups excluding carboxylic acids is 1. The topological polar surface area (TPSA) is 53.8 Å². The van der Waals surface area contributed by atoms with Crippen LogP contribution in [-0.2, 0) is 6.18 Å². The second kappa shape index (κ2) is 3.87. The molecule has 1 aromatic heterocycles. The van der Waals surface area contributed by atoms with Gasteiger partial charge in [-0.1, -0.05) is 0 Å². The third-order valence-corrected chi connectivity index (χ3v) is 1.71. The van der Waals surface area contributed by atoms with Gasteiger partial charge < -0.3 is 0 Å². The minimum absolute atomic E-state index is 0.341. The lowest BCUT2D eigenvalue weighted by Crippen LogP contribution is -2.10.